The molecule has 1 amide bonds. The van der Waals surface area contributed by atoms with Crippen LogP contribution in [0.1, 0.15) is 61.0 Å². The van der Waals surface area contributed by atoms with Crippen molar-refractivity contribution in [3.05, 3.63) is 46.6 Å². The molecule has 2 saturated carbocycles. The van der Waals surface area contributed by atoms with E-state index in [9.17, 15) is 9.90 Å². The van der Waals surface area contributed by atoms with Gasteiger partial charge in [0.05, 0.1) is 22.8 Å². The molecule has 3 saturated heterocycles. The van der Waals surface area contributed by atoms with Crippen molar-refractivity contribution in [3.8, 4) is 11.8 Å². The van der Waals surface area contributed by atoms with Crippen LogP contribution in [0.2, 0.25) is 5.02 Å². The van der Waals surface area contributed by atoms with Crippen LogP contribution in [-0.2, 0) is 0 Å². The quantitative estimate of drug-likeness (QED) is 0.524. The minimum Gasteiger partial charge on any atom is -0.490 e. The van der Waals surface area contributed by atoms with E-state index in [1.54, 1.807) is 24.3 Å². The molecular formula is C30H37ClN6O3. The lowest BCUT2D eigenvalue weighted by Gasteiger charge is -2.52. The maximum atomic E-state index is 12.8. The van der Waals surface area contributed by atoms with Crippen molar-refractivity contribution in [1.29, 1.82) is 5.26 Å². The first-order valence-corrected chi connectivity index (χ1v) is 15.0. The molecule has 10 heteroatoms. The second kappa shape index (κ2) is 11.9. The summed E-state index contributed by atoms with van der Waals surface area (Å²) < 4.78 is 6.05. The molecule has 1 aromatic carbocycles. The van der Waals surface area contributed by atoms with Crippen molar-refractivity contribution in [2.24, 2.45) is 17.8 Å². The van der Waals surface area contributed by atoms with Gasteiger partial charge in [0.2, 0.25) is 0 Å². The zero-order valence-corrected chi connectivity index (χ0v) is 23.5. The monoisotopic (exact) mass is 564 g/mol. The van der Waals surface area contributed by atoms with Crippen molar-refractivity contribution >= 4 is 23.3 Å². The Balaban J connectivity index is 0.920. The molecule has 2 bridgehead atoms. The van der Waals surface area contributed by atoms with Crippen LogP contribution in [0.4, 0.5) is 5.82 Å². The molecule has 5 fully saturated rings. The van der Waals surface area contributed by atoms with E-state index in [1.807, 2.05) is 6.07 Å². The molecule has 5 aliphatic rings. The fraction of sp³-hybridized carbons (Fsp3) is 0.600. The molecule has 2 aliphatic carbocycles. The number of anilines is 1. The smallest absolute Gasteiger partial charge is 0.272 e. The number of nitriles is 1. The summed E-state index contributed by atoms with van der Waals surface area (Å²) in [4.78, 5) is 17.7. The summed E-state index contributed by atoms with van der Waals surface area (Å²) in [6.45, 7) is 5.14. The number of aliphatic hydroxyl groups excluding tert-OH is 1. The first-order chi connectivity index (χ1) is 19.4. The molecule has 9 nitrogen and oxygen atoms in total. The number of ether oxygens (including phenoxy) is 1. The standard InChI is InChI=1S/C30H37ClN6O3/c31-26-14-25(4-1-20(26)15-32)40-24-5-2-23(3-6-24)33-30(39)27-7-8-28(35-34-27)37-11-9-19(10-12-37)16-36-17-21-13-22(18-36)29(21)38/h1,4,7-8,14,19,21-24,29,38H,2-3,5-6,9-13,16-18H2,(H,33,39). The van der Waals surface area contributed by atoms with Crippen LogP contribution in [0.3, 0.4) is 0 Å². The summed E-state index contributed by atoms with van der Waals surface area (Å²) in [5, 5.41) is 31.2. The molecule has 4 heterocycles. The maximum Gasteiger partial charge on any atom is 0.272 e. The molecular weight excluding hydrogens is 528 g/mol. The SMILES string of the molecule is N#Cc1ccc(OC2CCC(NC(=O)c3ccc(N4CCC(CN5CC6CC(C5)C6O)CC4)nn3)CC2)cc1Cl. The Hall–Kier alpha value is -2.93. The lowest BCUT2D eigenvalue weighted by Crippen LogP contribution is -2.59. The molecule has 0 spiro atoms. The van der Waals surface area contributed by atoms with Gasteiger partial charge in [-0.3, -0.25) is 4.79 Å². The number of aliphatic hydroxyl groups is 1. The molecule has 2 aromatic rings. The van der Waals surface area contributed by atoms with Gasteiger partial charge in [0, 0.05) is 44.8 Å². The van der Waals surface area contributed by atoms with E-state index in [0.29, 0.717) is 39.8 Å². The number of piperidine rings is 3. The zero-order chi connectivity index (χ0) is 27.6. The molecule has 2 atom stereocenters. The fourth-order valence-corrected chi connectivity index (χ4v) is 7.08. The van der Waals surface area contributed by atoms with E-state index < -0.39 is 0 Å². The van der Waals surface area contributed by atoms with Crippen molar-refractivity contribution in [3.63, 3.8) is 0 Å². The fourth-order valence-electron chi connectivity index (χ4n) is 6.87. The largest absolute Gasteiger partial charge is 0.490 e. The number of benzene rings is 1. The van der Waals surface area contributed by atoms with Crippen molar-refractivity contribution in [2.45, 2.75) is 63.2 Å². The predicted octanol–water partition coefficient (Wildman–Crippen LogP) is 3.65. The lowest BCUT2D eigenvalue weighted by atomic mass is 9.68. The van der Waals surface area contributed by atoms with E-state index in [-0.39, 0.29) is 24.2 Å². The average molecular weight is 565 g/mol. The van der Waals surface area contributed by atoms with Gasteiger partial charge in [-0.05, 0) is 87.0 Å². The zero-order valence-electron chi connectivity index (χ0n) is 22.7. The Morgan fingerprint density at radius 1 is 1.07 bits per heavy atom. The minimum atomic E-state index is -0.189. The summed E-state index contributed by atoms with van der Waals surface area (Å²) >= 11 is 6.12. The van der Waals surface area contributed by atoms with Gasteiger partial charge in [0.15, 0.2) is 11.5 Å². The third-order valence-corrected chi connectivity index (χ3v) is 9.58. The Bertz CT molecular complexity index is 1220. The molecule has 0 radical (unpaired) electrons. The van der Waals surface area contributed by atoms with E-state index in [2.05, 4.69) is 31.4 Å². The number of fused-ring (bicyclic) bond motifs is 2. The van der Waals surface area contributed by atoms with E-state index in [4.69, 9.17) is 21.6 Å². The molecule has 2 N–H and O–H groups in total. The van der Waals surface area contributed by atoms with Gasteiger partial charge in [-0.2, -0.15) is 5.26 Å². The summed E-state index contributed by atoms with van der Waals surface area (Å²) in [6, 6.07) is 10.9. The number of aromatic nitrogens is 2. The minimum absolute atomic E-state index is 0.0544. The normalized spacial score (nSPS) is 28.8. The number of nitrogens with zero attached hydrogens (tertiary/aromatic N) is 5. The highest BCUT2D eigenvalue weighted by Crippen LogP contribution is 2.40. The number of hydrogen-bond acceptors (Lipinski definition) is 8. The summed E-state index contributed by atoms with van der Waals surface area (Å²) in [5.41, 5.74) is 0.776. The van der Waals surface area contributed by atoms with Crippen LogP contribution in [-0.4, -0.2) is 77.1 Å². The first kappa shape index (κ1) is 27.3. The number of carbonyl (C=O) groups is 1. The first-order valence-electron chi connectivity index (χ1n) is 14.6. The van der Waals surface area contributed by atoms with Crippen LogP contribution in [0.5, 0.6) is 5.75 Å². The van der Waals surface area contributed by atoms with E-state index >= 15 is 0 Å². The Morgan fingerprint density at radius 2 is 1.82 bits per heavy atom. The van der Waals surface area contributed by atoms with Crippen molar-refractivity contribution in [1.82, 2.24) is 20.4 Å². The van der Waals surface area contributed by atoms with Gasteiger partial charge >= 0.3 is 0 Å². The van der Waals surface area contributed by atoms with Gasteiger partial charge in [0.25, 0.3) is 5.91 Å². The number of amides is 1. The highest BCUT2D eigenvalue weighted by atomic mass is 35.5. The van der Waals surface area contributed by atoms with Gasteiger partial charge < -0.3 is 25.0 Å². The topological polar surface area (TPSA) is 115 Å². The van der Waals surface area contributed by atoms with E-state index in [0.717, 1.165) is 77.1 Å². The van der Waals surface area contributed by atoms with Crippen molar-refractivity contribution in [2.75, 3.05) is 37.6 Å². The number of halogens is 1. The van der Waals surface area contributed by atoms with Crippen LogP contribution in [0.15, 0.2) is 30.3 Å². The molecule has 1 aromatic heterocycles. The van der Waals surface area contributed by atoms with Crippen LogP contribution in [0.25, 0.3) is 0 Å². The van der Waals surface area contributed by atoms with Gasteiger partial charge in [0.1, 0.15) is 11.8 Å². The Labute approximate surface area is 240 Å². The number of rotatable bonds is 7. The lowest BCUT2D eigenvalue weighted by molar-refractivity contribution is -0.110. The summed E-state index contributed by atoms with van der Waals surface area (Å²) in [5.74, 6) is 2.98. The van der Waals surface area contributed by atoms with Gasteiger partial charge in [-0.1, -0.05) is 11.6 Å². The molecule has 2 unspecified atom stereocenters. The summed E-state index contributed by atoms with van der Waals surface area (Å²) in [7, 11) is 0. The third kappa shape index (κ3) is 6.04. The van der Waals surface area contributed by atoms with Crippen LogP contribution in [0, 0.1) is 29.1 Å². The van der Waals surface area contributed by atoms with Gasteiger partial charge in [-0.25, -0.2) is 0 Å². The van der Waals surface area contributed by atoms with Gasteiger partial charge in [-0.15, -0.1) is 10.2 Å². The third-order valence-electron chi connectivity index (χ3n) is 9.27. The molecule has 40 heavy (non-hydrogen) atoms. The van der Waals surface area contributed by atoms with Crippen LogP contribution >= 0.6 is 11.6 Å². The predicted molar refractivity (Wildman–Crippen MR) is 151 cm³/mol. The molecule has 7 rings (SSSR count). The number of nitrogens with one attached hydrogen (secondary N) is 1. The maximum absolute atomic E-state index is 12.8. The average Bonchev–Trinajstić information content (AvgIpc) is 2.98. The number of hydrogen-bond donors (Lipinski definition) is 2. The van der Waals surface area contributed by atoms with Crippen LogP contribution < -0.4 is 15.0 Å². The second-order valence-corrected chi connectivity index (χ2v) is 12.4. The molecule has 212 valence electrons. The highest BCUT2D eigenvalue weighted by molar-refractivity contribution is 6.31. The summed E-state index contributed by atoms with van der Waals surface area (Å²) in [6.07, 6.45) is 6.74. The van der Waals surface area contributed by atoms with E-state index in [1.165, 1.54) is 6.42 Å². The number of carbonyl (C=O) groups excluding carboxylic acids is 1. The second-order valence-electron chi connectivity index (χ2n) is 12.0. The highest BCUT2D eigenvalue weighted by Gasteiger charge is 2.45. The molecule has 3 aliphatic heterocycles. The Kier molecular flexibility index (Phi) is 8.10. The Morgan fingerprint density at radius 3 is 2.45 bits per heavy atom. The van der Waals surface area contributed by atoms with Crippen molar-refractivity contribution < 1.29 is 14.6 Å².